The first-order valence-electron chi connectivity index (χ1n) is 5.12. The van der Waals surface area contributed by atoms with E-state index in [4.69, 9.17) is 16.3 Å². The number of hydrogen-bond donors (Lipinski definition) is 0. The Kier molecular flexibility index (Phi) is 3.01. The first kappa shape index (κ1) is 11.2. The van der Waals surface area contributed by atoms with E-state index in [2.05, 4.69) is 0 Å². The first-order chi connectivity index (χ1) is 7.56. The highest BCUT2D eigenvalue weighted by Gasteiger charge is 2.30. The molecule has 0 amide bonds. The van der Waals surface area contributed by atoms with Gasteiger partial charge in [0.25, 0.3) is 0 Å². The lowest BCUT2D eigenvalue weighted by Crippen LogP contribution is -2.34. The molecule has 4 nitrogen and oxygen atoms in total. The molecule has 16 heavy (non-hydrogen) atoms. The van der Waals surface area contributed by atoms with Crippen LogP contribution in [0.2, 0.25) is 0 Å². The highest BCUT2D eigenvalue weighted by molar-refractivity contribution is 6.21. The molecule has 0 aliphatic heterocycles. The largest absolute Gasteiger partial charge is 0.483 e. The SMILES string of the molecule is Cc1ccc([N+](=O)[O-])c(OC2CC(Cl)C2)c1. The molecule has 1 aromatic rings. The number of ether oxygens (including phenoxy) is 1. The van der Waals surface area contributed by atoms with E-state index in [0.717, 1.165) is 18.4 Å². The number of benzene rings is 1. The summed E-state index contributed by atoms with van der Waals surface area (Å²) in [6.07, 6.45) is 1.53. The highest BCUT2D eigenvalue weighted by Crippen LogP contribution is 2.34. The number of aryl methyl sites for hydroxylation is 1. The summed E-state index contributed by atoms with van der Waals surface area (Å²) < 4.78 is 5.57. The lowest BCUT2D eigenvalue weighted by Gasteiger charge is -2.31. The van der Waals surface area contributed by atoms with E-state index < -0.39 is 4.92 Å². The number of nitro benzene ring substituents is 1. The molecule has 1 saturated carbocycles. The Balaban J connectivity index is 2.17. The second-order valence-corrected chi connectivity index (χ2v) is 4.65. The predicted molar refractivity (Wildman–Crippen MR) is 61.1 cm³/mol. The molecule has 0 saturated heterocycles. The fourth-order valence-corrected chi connectivity index (χ4v) is 2.04. The maximum atomic E-state index is 10.8. The molecule has 1 aromatic carbocycles. The van der Waals surface area contributed by atoms with Gasteiger partial charge in [-0.3, -0.25) is 10.1 Å². The molecule has 2 rings (SSSR count). The predicted octanol–water partition coefficient (Wildman–Crippen LogP) is 3.05. The van der Waals surface area contributed by atoms with E-state index in [9.17, 15) is 10.1 Å². The summed E-state index contributed by atoms with van der Waals surface area (Å²) in [5.74, 6) is 0.346. The molecule has 0 atom stereocenters. The van der Waals surface area contributed by atoms with Crippen molar-refractivity contribution in [2.45, 2.75) is 31.2 Å². The summed E-state index contributed by atoms with van der Waals surface area (Å²) in [5.41, 5.74) is 0.964. The third-order valence-corrected chi connectivity index (χ3v) is 3.00. The van der Waals surface area contributed by atoms with Crippen LogP contribution in [0.25, 0.3) is 0 Å². The zero-order valence-corrected chi connectivity index (χ0v) is 9.61. The maximum absolute atomic E-state index is 10.8. The standard InChI is InChI=1S/C11H12ClNO3/c1-7-2-3-10(13(14)15)11(4-7)16-9-5-8(12)6-9/h2-4,8-9H,5-6H2,1H3. The van der Waals surface area contributed by atoms with Crippen LogP contribution in [0, 0.1) is 17.0 Å². The Bertz CT molecular complexity index is 416. The molecule has 1 fully saturated rings. The summed E-state index contributed by atoms with van der Waals surface area (Å²) in [5, 5.41) is 10.9. The topological polar surface area (TPSA) is 52.4 Å². The van der Waals surface area contributed by atoms with Gasteiger partial charge in [-0.25, -0.2) is 0 Å². The van der Waals surface area contributed by atoms with Gasteiger partial charge in [0, 0.05) is 24.3 Å². The summed E-state index contributed by atoms with van der Waals surface area (Å²) >= 11 is 5.83. The molecule has 0 bridgehead atoms. The third-order valence-electron chi connectivity index (χ3n) is 2.64. The summed E-state index contributed by atoms with van der Waals surface area (Å²) in [7, 11) is 0. The van der Waals surface area contributed by atoms with Crippen LogP contribution in [0.1, 0.15) is 18.4 Å². The number of rotatable bonds is 3. The second kappa shape index (κ2) is 4.29. The first-order valence-corrected chi connectivity index (χ1v) is 5.55. The number of hydrogen-bond acceptors (Lipinski definition) is 3. The quantitative estimate of drug-likeness (QED) is 0.464. The lowest BCUT2D eigenvalue weighted by molar-refractivity contribution is -0.386. The van der Waals surface area contributed by atoms with Gasteiger partial charge >= 0.3 is 5.69 Å². The smallest absolute Gasteiger partial charge is 0.310 e. The van der Waals surface area contributed by atoms with E-state index in [-0.39, 0.29) is 17.2 Å². The summed E-state index contributed by atoms with van der Waals surface area (Å²) in [4.78, 5) is 10.4. The van der Waals surface area contributed by atoms with Gasteiger partial charge in [0.1, 0.15) is 6.10 Å². The molecule has 0 spiro atoms. The van der Waals surface area contributed by atoms with Crippen LogP contribution in [-0.2, 0) is 0 Å². The Hall–Kier alpha value is -1.29. The van der Waals surface area contributed by atoms with Gasteiger partial charge < -0.3 is 4.74 Å². The molecule has 0 unspecified atom stereocenters. The van der Waals surface area contributed by atoms with Gasteiger partial charge in [0.05, 0.1) is 4.92 Å². The Morgan fingerprint density at radius 2 is 2.19 bits per heavy atom. The fraction of sp³-hybridized carbons (Fsp3) is 0.455. The normalized spacial score (nSPS) is 23.6. The number of halogens is 1. The van der Waals surface area contributed by atoms with E-state index in [1.165, 1.54) is 6.07 Å². The molecule has 86 valence electrons. The van der Waals surface area contributed by atoms with Crippen molar-refractivity contribution in [3.63, 3.8) is 0 Å². The van der Waals surface area contributed by atoms with Gasteiger partial charge in [-0.15, -0.1) is 11.6 Å². The van der Waals surface area contributed by atoms with Crippen molar-refractivity contribution in [1.82, 2.24) is 0 Å². The minimum absolute atomic E-state index is 0.0167. The average molecular weight is 242 g/mol. The van der Waals surface area contributed by atoms with E-state index in [1.807, 2.05) is 6.92 Å². The number of nitrogens with zero attached hydrogens (tertiary/aromatic N) is 1. The molecular formula is C11H12ClNO3. The van der Waals surface area contributed by atoms with Gasteiger partial charge in [-0.2, -0.15) is 0 Å². The van der Waals surface area contributed by atoms with Crippen molar-refractivity contribution in [3.05, 3.63) is 33.9 Å². The molecule has 0 radical (unpaired) electrons. The van der Waals surface area contributed by atoms with Gasteiger partial charge in [-0.1, -0.05) is 6.07 Å². The maximum Gasteiger partial charge on any atom is 0.310 e. The third kappa shape index (κ3) is 2.27. The Labute approximate surface area is 98.3 Å². The van der Waals surface area contributed by atoms with E-state index >= 15 is 0 Å². The van der Waals surface area contributed by atoms with Crippen molar-refractivity contribution in [2.24, 2.45) is 0 Å². The van der Waals surface area contributed by atoms with Gasteiger partial charge in [-0.05, 0) is 18.6 Å². The highest BCUT2D eigenvalue weighted by atomic mass is 35.5. The molecule has 0 heterocycles. The monoisotopic (exact) mass is 241 g/mol. The minimum Gasteiger partial charge on any atom is -0.483 e. The van der Waals surface area contributed by atoms with Crippen molar-refractivity contribution in [2.75, 3.05) is 0 Å². The number of alkyl halides is 1. The Morgan fingerprint density at radius 3 is 2.75 bits per heavy atom. The zero-order chi connectivity index (χ0) is 11.7. The van der Waals surface area contributed by atoms with Crippen LogP contribution in [0.4, 0.5) is 5.69 Å². The van der Waals surface area contributed by atoms with Crippen molar-refractivity contribution >= 4 is 17.3 Å². The van der Waals surface area contributed by atoms with E-state index in [1.54, 1.807) is 12.1 Å². The van der Waals surface area contributed by atoms with Crippen LogP contribution in [0.3, 0.4) is 0 Å². The van der Waals surface area contributed by atoms with Crippen molar-refractivity contribution < 1.29 is 9.66 Å². The minimum atomic E-state index is -0.425. The van der Waals surface area contributed by atoms with Crippen LogP contribution in [0.15, 0.2) is 18.2 Å². The Morgan fingerprint density at radius 1 is 1.50 bits per heavy atom. The summed E-state index contributed by atoms with van der Waals surface area (Å²) in [6.45, 7) is 1.88. The van der Waals surface area contributed by atoms with E-state index in [0.29, 0.717) is 5.75 Å². The molecule has 1 aliphatic carbocycles. The van der Waals surface area contributed by atoms with Crippen molar-refractivity contribution in [1.29, 1.82) is 0 Å². The second-order valence-electron chi connectivity index (χ2n) is 4.04. The van der Waals surface area contributed by atoms with Crippen LogP contribution in [-0.4, -0.2) is 16.4 Å². The fourth-order valence-electron chi connectivity index (χ4n) is 1.64. The van der Waals surface area contributed by atoms with Crippen LogP contribution in [0.5, 0.6) is 5.75 Å². The molecule has 5 heteroatoms. The average Bonchev–Trinajstić information content (AvgIpc) is 2.15. The van der Waals surface area contributed by atoms with Gasteiger partial charge in [0.2, 0.25) is 0 Å². The summed E-state index contributed by atoms with van der Waals surface area (Å²) in [6, 6.07) is 4.87. The molecule has 0 N–H and O–H groups in total. The zero-order valence-electron chi connectivity index (χ0n) is 8.85. The lowest BCUT2D eigenvalue weighted by atomic mass is 9.95. The molecule has 1 aliphatic rings. The molecule has 0 aromatic heterocycles. The van der Waals surface area contributed by atoms with Crippen LogP contribution < -0.4 is 4.74 Å². The number of nitro groups is 1. The van der Waals surface area contributed by atoms with Crippen molar-refractivity contribution in [3.8, 4) is 5.75 Å². The molecular weight excluding hydrogens is 230 g/mol. The van der Waals surface area contributed by atoms with Gasteiger partial charge in [0.15, 0.2) is 5.75 Å². The van der Waals surface area contributed by atoms with Crippen LogP contribution >= 0.6 is 11.6 Å².